The Labute approximate surface area is 164 Å². The Balaban J connectivity index is 1.86. The summed E-state index contributed by atoms with van der Waals surface area (Å²) in [7, 11) is 0. The highest BCUT2D eigenvalue weighted by Gasteiger charge is 2.38. The SMILES string of the molecule is Cc1ccc(N2C(=O)[C@H](C=N[C@@H](C)c3ccccc3)C(=O)NC2=S)cc1C. The Bertz CT molecular complexity index is 924. The zero-order valence-corrected chi connectivity index (χ0v) is 16.3. The van der Waals surface area contributed by atoms with Gasteiger partial charge >= 0.3 is 0 Å². The lowest BCUT2D eigenvalue weighted by Crippen LogP contribution is -2.58. The van der Waals surface area contributed by atoms with E-state index < -0.39 is 17.7 Å². The van der Waals surface area contributed by atoms with E-state index in [2.05, 4.69) is 10.3 Å². The van der Waals surface area contributed by atoms with Crippen LogP contribution in [0.2, 0.25) is 0 Å². The molecule has 0 aliphatic carbocycles. The number of rotatable bonds is 4. The van der Waals surface area contributed by atoms with Crippen LogP contribution in [0.5, 0.6) is 0 Å². The number of nitrogens with one attached hydrogen (secondary N) is 1. The molecule has 0 saturated carbocycles. The third-order valence-corrected chi connectivity index (χ3v) is 4.98. The third-order valence-electron chi connectivity index (χ3n) is 4.69. The van der Waals surface area contributed by atoms with Crippen molar-refractivity contribution in [1.82, 2.24) is 5.32 Å². The number of aliphatic imine (C=N–C) groups is 1. The molecule has 1 aliphatic rings. The topological polar surface area (TPSA) is 61.8 Å². The van der Waals surface area contributed by atoms with Gasteiger partial charge in [0.1, 0.15) is 0 Å². The number of aryl methyl sites for hydroxylation is 2. The number of benzene rings is 2. The van der Waals surface area contributed by atoms with Crippen molar-refractivity contribution in [1.29, 1.82) is 0 Å². The van der Waals surface area contributed by atoms with Crippen LogP contribution in [0.1, 0.15) is 29.7 Å². The Hall–Kier alpha value is -2.86. The number of hydrogen-bond acceptors (Lipinski definition) is 4. The van der Waals surface area contributed by atoms with E-state index >= 15 is 0 Å². The van der Waals surface area contributed by atoms with Gasteiger partial charge in [-0.2, -0.15) is 0 Å². The fourth-order valence-corrected chi connectivity index (χ4v) is 3.16. The maximum absolute atomic E-state index is 13.0. The molecule has 0 radical (unpaired) electrons. The van der Waals surface area contributed by atoms with Crippen molar-refractivity contribution in [2.45, 2.75) is 26.8 Å². The minimum absolute atomic E-state index is 0.0917. The monoisotopic (exact) mass is 379 g/mol. The highest BCUT2D eigenvalue weighted by molar-refractivity contribution is 7.80. The normalized spacial score (nSPS) is 18.7. The number of carbonyl (C=O) groups is 2. The molecule has 0 spiro atoms. The number of amides is 2. The first kappa shape index (κ1) is 18.9. The molecule has 1 N–H and O–H groups in total. The molecule has 1 heterocycles. The van der Waals surface area contributed by atoms with Gasteiger partial charge in [-0.25, -0.2) is 0 Å². The van der Waals surface area contributed by atoms with Crippen LogP contribution in [0, 0.1) is 19.8 Å². The van der Waals surface area contributed by atoms with E-state index in [1.165, 1.54) is 11.1 Å². The average Bonchev–Trinajstić information content (AvgIpc) is 2.64. The van der Waals surface area contributed by atoms with E-state index in [1.807, 2.05) is 69.3 Å². The molecule has 6 heteroatoms. The summed E-state index contributed by atoms with van der Waals surface area (Å²) in [6.45, 7) is 5.88. The average molecular weight is 379 g/mol. The zero-order valence-electron chi connectivity index (χ0n) is 15.5. The molecule has 1 fully saturated rings. The van der Waals surface area contributed by atoms with Gasteiger partial charge in [-0.15, -0.1) is 0 Å². The zero-order chi connectivity index (χ0) is 19.6. The van der Waals surface area contributed by atoms with Gasteiger partial charge in [0.2, 0.25) is 5.91 Å². The summed E-state index contributed by atoms with van der Waals surface area (Å²) >= 11 is 5.23. The first-order valence-corrected chi connectivity index (χ1v) is 9.13. The molecule has 2 aromatic carbocycles. The molecular formula is C21H21N3O2S. The van der Waals surface area contributed by atoms with E-state index in [1.54, 1.807) is 0 Å². The van der Waals surface area contributed by atoms with Crippen molar-refractivity contribution in [3.8, 4) is 0 Å². The van der Waals surface area contributed by atoms with E-state index in [0.29, 0.717) is 5.69 Å². The summed E-state index contributed by atoms with van der Waals surface area (Å²) in [6.07, 6.45) is 1.42. The van der Waals surface area contributed by atoms with Crippen LogP contribution in [0.15, 0.2) is 53.5 Å². The summed E-state index contributed by atoms with van der Waals surface area (Å²) in [5.41, 5.74) is 3.82. The summed E-state index contributed by atoms with van der Waals surface area (Å²) in [5.74, 6) is -1.85. The molecule has 2 aromatic rings. The van der Waals surface area contributed by atoms with E-state index in [-0.39, 0.29) is 11.2 Å². The molecule has 0 bridgehead atoms. The number of thiocarbonyl (C=S) groups is 1. The van der Waals surface area contributed by atoms with Gasteiger partial charge in [-0.3, -0.25) is 19.5 Å². The maximum Gasteiger partial charge on any atom is 0.251 e. The highest BCUT2D eigenvalue weighted by atomic mass is 32.1. The van der Waals surface area contributed by atoms with Gasteiger partial charge in [0, 0.05) is 6.21 Å². The smallest absolute Gasteiger partial charge is 0.251 e. The van der Waals surface area contributed by atoms with Gasteiger partial charge in [0.05, 0.1) is 11.7 Å². The van der Waals surface area contributed by atoms with Gasteiger partial charge in [-0.05, 0) is 61.8 Å². The van der Waals surface area contributed by atoms with Crippen molar-refractivity contribution >= 4 is 41.0 Å². The lowest BCUT2D eigenvalue weighted by molar-refractivity contribution is -0.130. The van der Waals surface area contributed by atoms with Crippen LogP contribution in [-0.2, 0) is 9.59 Å². The van der Waals surface area contributed by atoms with Crippen molar-refractivity contribution in [3.63, 3.8) is 0 Å². The largest absolute Gasteiger partial charge is 0.301 e. The molecule has 0 aromatic heterocycles. The second-order valence-electron chi connectivity index (χ2n) is 6.60. The lowest BCUT2D eigenvalue weighted by Gasteiger charge is -2.31. The van der Waals surface area contributed by atoms with E-state index in [4.69, 9.17) is 12.2 Å². The molecule has 138 valence electrons. The van der Waals surface area contributed by atoms with Crippen LogP contribution < -0.4 is 10.2 Å². The summed E-state index contributed by atoms with van der Waals surface area (Å²) in [6, 6.07) is 15.2. The van der Waals surface area contributed by atoms with Crippen molar-refractivity contribution < 1.29 is 9.59 Å². The van der Waals surface area contributed by atoms with Crippen LogP contribution in [0.4, 0.5) is 5.69 Å². The van der Waals surface area contributed by atoms with Gasteiger partial charge < -0.3 is 5.32 Å². The first-order valence-electron chi connectivity index (χ1n) is 8.73. The Morgan fingerprint density at radius 3 is 2.48 bits per heavy atom. The second kappa shape index (κ2) is 7.80. The molecule has 2 atom stereocenters. The molecule has 5 nitrogen and oxygen atoms in total. The van der Waals surface area contributed by atoms with Crippen LogP contribution in [-0.4, -0.2) is 23.1 Å². The maximum atomic E-state index is 13.0. The molecule has 27 heavy (non-hydrogen) atoms. The van der Waals surface area contributed by atoms with Crippen LogP contribution in [0.3, 0.4) is 0 Å². The quantitative estimate of drug-likeness (QED) is 0.502. The van der Waals surface area contributed by atoms with E-state index in [0.717, 1.165) is 16.7 Å². The third kappa shape index (κ3) is 3.95. The predicted octanol–water partition coefficient (Wildman–Crippen LogP) is 3.50. The Kier molecular flexibility index (Phi) is 5.46. The Morgan fingerprint density at radius 1 is 1.11 bits per heavy atom. The van der Waals surface area contributed by atoms with Crippen molar-refractivity contribution in [3.05, 3.63) is 65.2 Å². The molecule has 0 unspecified atom stereocenters. The highest BCUT2D eigenvalue weighted by Crippen LogP contribution is 2.24. The standard InChI is InChI=1S/C21H21N3O2S/c1-13-9-10-17(11-14(13)2)24-20(26)18(19(25)23-21(24)27)12-22-15(3)16-7-5-4-6-8-16/h4-12,15,18H,1-3H3,(H,23,25,27)/t15-,18+/m0/s1. The Morgan fingerprint density at radius 2 is 1.81 bits per heavy atom. The second-order valence-corrected chi connectivity index (χ2v) is 6.99. The molecule has 1 saturated heterocycles. The molecular weight excluding hydrogens is 358 g/mol. The lowest BCUT2D eigenvalue weighted by atomic mass is 10.0. The number of anilines is 1. The summed E-state index contributed by atoms with van der Waals surface area (Å²) < 4.78 is 0. The van der Waals surface area contributed by atoms with E-state index in [9.17, 15) is 9.59 Å². The molecule has 3 rings (SSSR count). The van der Waals surface area contributed by atoms with Crippen LogP contribution in [0.25, 0.3) is 0 Å². The fraction of sp³-hybridized carbons (Fsp3) is 0.238. The number of nitrogens with zero attached hydrogens (tertiary/aromatic N) is 2. The van der Waals surface area contributed by atoms with Gasteiger partial charge in [0.15, 0.2) is 11.0 Å². The van der Waals surface area contributed by atoms with Gasteiger partial charge in [-0.1, -0.05) is 36.4 Å². The van der Waals surface area contributed by atoms with Crippen molar-refractivity contribution in [2.75, 3.05) is 4.90 Å². The molecule has 1 aliphatic heterocycles. The van der Waals surface area contributed by atoms with Crippen molar-refractivity contribution in [2.24, 2.45) is 10.9 Å². The minimum Gasteiger partial charge on any atom is -0.301 e. The fourth-order valence-electron chi connectivity index (χ4n) is 2.86. The van der Waals surface area contributed by atoms with Crippen LogP contribution >= 0.6 is 12.2 Å². The predicted molar refractivity (Wildman–Crippen MR) is 111 cm³/mol. The summed E-state index contributed by atoms with van der Waals surface area (Å²) in [4.78, 5) is 31.1. The minimum atomic E-state index is -1.01. The number of hydrogen-bond donors (Lipinski definition) is 1. The van der Waals surface area contributed by atoms with Gasteiger partial charge in [0.25, 0.3) is 5.91 Å². The molecule has 2 amide bonds. The first-order chi connectivity index (χ1) is 12.9. The number of carbonyl (C=O) groups excluding carboxylic acids is 2. The summed E-state index contributed by atoms with van der Waals surface area (Å²) in [5, 5.41) is 2.70.